The summed E-state index contributed by atoms with van der Waals surface area (Å²) in [7, 11) is 0. The third-order valence-corrected chi connectivity index (χ3v) is 3.65. The summed E-state index contributed by atoms with van der Waals surface area (Å²) >= 11 is 1.25. The molecule has 0 radical (unpaired) electrons. The molecule has 0 unspecified atom stereocenters. The molecular weight excluding hydrogens is 224 g/mol. The first kappa shape index (κ1) is 11.3. The Hall–Kier alpha value is -1.17. The molecule has 2 atom stereocenters. The number of aromatic nitrogens is 2. The van der Waals surface area contributed by atoms with Gasteiger partial charge in [-0.2, -0.15) is 0 Å². The second-order valence-electron chi connectivity index (χ2n) is 4.64. The van der Waals surface area contributed by atoms with Crippen molar-refractivity contribution in [1.29, 1.82) is 0 Å². The van der Waals surface area contributed by atoms with Crippen molar-refractivity contribution in [2.75, 3.05) is 18.0 Å². The van der Waals surface area contributed by atoms with Gasteiger partial charge >= 0.3 is 0 Å². The molecule has 0 aliphatic carbocycles. The van der Waals surface area contributed by atoms with Crippen LogP contribution in [0, 0.1) is 11.8 Å². The van der Waals surface area contributed by atoms with Crippen LogP contribution in [0.15, 0.2) is 0 Å². The fraction of sp³-hybridized carbons (Fsp3) is 0.700. The number of nitrogens with two attached hydrogens (primary N) is 1. The van der Waals surface area contributed by atoms with Gasteiger partial charge < -0.3 is 10.6 Å². The number of anilines is 1. The number of hydrogen-bond acceptors (Lipinski definition) is 5. The van der Waals surface area contributed by atoms with Gasteiger partial charge in [0.1, 0.15) is 5.00 Å². The summed E-state index contributed by atoms with van der Waals surface area (Å²) in [6.07, 6.45) is 1.23. The van der Waals surface area contributed by atoms with Gasteiger partial charge in [0.2, 0.25) is 0 Å². The van der Waals surface area contributed by atoms with Crippen LogP contribution in [0.5, 0.6) is 0 Å². The molecule has 2 heterocycles. The summed E-state index contributed by atoms with van der Waals surface area (Å²) in [6.45, 7) is 6.35. The third kappa shape index (κ3) is 2.16. The Morgan fingerprint density at radius 1 is 1.44 bits per heavy atom. The van der Waals surface area contributed by atoms with Crippen LogP contribution in [0.3, 0.4) is 0 Å². The largest absolute Gasteiger partial charge is 0.364 e. The van der Waals surface area contributed by atoms with Crippen molar-refractivity contribution in [2.45, 2.75) is 20.3 Å². The van der Waals surface area contributed by atoms with Gasteiger partial charge in [-0.25, -0.2) is 0 Å². The molecular formula is C10H16N4OS. The summed E-state index contributed by atoms with van der Waals surface area (Å²) in [5.41, 5.74) is 5.58. The molecule has 16 heavy (non-hydrogen) atoms. The molecule has 1 fully saturated rings. The molecule has 1 amide bonds. The number of rotatable bonds is 2. The Morgan fingerprint density at radius 3 is 2.62 bits per heavy atom. The van der Waals surface area contributed by atoms with E-state index in [2.05, 4.69) is 28.3 Å². The Balaban J connectivity index is 2.23. The lowest BCUT2D eigenvalue weighted by molar-refractivity contribution is 0.0996. The van der Waals surface area contributed by atoms with Crippen molar-refractivity contribution < 1.29 is 4.79 Å². The van der Waals surface area contributed by atoms with Crippen LogP contribution in [0.2, 0.25) is 0 Å². The minimum atomic E-state index is -0.491. The summed E-state index contributed by atoms with van der Waals surface area (Å²) in [5.74, 6) is 0.771. The van der Waals surface area contributed by atoms with Gasteiger partial charge in [-0.05, 0) is 18.3 Å². The van der Waals surface area contributed by atoms with Gasteiger partial charge in [0.15, 0.2) is 5.69 Å². The van der Waals surface area contributed by atoms with Crippen molar-refractivity contribution in [1.82, 2.24) is 9.59 Å². The number of primary amides is 1. The molecule has 0 aromatic carbocycles. The predicted octanol–water partition coefficient (Wildman–Crippen LogP) is 1.12. The fourth-order valence-corrected chi connectivity index (χ4v) is 3.07. The van der Waals surface area contributed by atoms with Crippen molar-refractivity contribution in [2.24, 2.45) is 17.6 Å². The van der Waals surface area contributed by atoms with Crippen LogP contribution in [0.25, 0.3) is 0 Å². The van der Waals surface area contributed by atoms with Gasteiger partial charge in [-0.1, -0.05) is 18.3 Å². The Bertz CT molecular complexity index is 382. The summed E-state index contributed by atoms with van der Waals surface area (Å²) in [5, 5.41) is 4.62. The molecule has 1 aliphatic heterocycles. The van der Waals surface area contributed by atoms with E-state index >= 15 is 0 Å². The number of piperidine rings is 1. The number of carbonyl (C=O) groups is 1. The quantitative estimate of drug-likeness (QED) is 0.840. The molecule has 2 rings (SSSR count). The zero-order chi connectivity index (χ0) is 11.7. The minimum Gasteiger partial charge on any atom is -0.364 e. The molecule has 1 aromatic heterocycles. The van der Waals surface area contributed by atoms with Crippen molar-refractivity contribution in [3.8, 4) is 0 Å². The van der Waals surface area contributed by atoms with Gasteiger partial charge in [-0.15, -0.1) is 5.10 Å². The van der Waals surface area contributed by atoms with E-state index in [9.17, 15) is 4.79 Å². The van der Waals surface area contributed by atoms with E-state index in [0.29, 0.717) is 17.5 Å². The highest BCUT2D eigenvalue weighted by molar-refractivity contribution is 7.10. The van der Waals surface area contributed by atoms with E-state index in [1.54, 1.807) is 0 Å². The topological polar surface area (TPSA) is 72.1 Å². The highest BCUT2D eigenvalue weighted by Crippen LogP contribution is 2.30. The molecule has 2 N–H and O–H groups in total. The maximum Gasteiger partial charge on any atom is 0.272 e. The number of hydrogen-bond donors (Lipinski definition) is 1. The van der Waals surface area contributed by atoms with Crippen molar-refractivity contribution >= 4 is 22.4 Å². The Morgan fingerprint density at radius 2 is 2.06 bits per heavy atom. The van der Waals surface area contributed by atoms with E-state index < -0.39 is 5.91 Å². The predicted molar refractivity (Wildman–Crippen MR) is 63.6 cm³/mol. The molecule has 1 aliphatic rings. The van der Waals surface area contributed by atoms with Crippen LogP contribution >= 0.6 is 11.5 Å². The lowest BCUT2D eigenvalue weighted by Gasteiger charge is -2.35. The van der Waals surface area contributed by atoms with Crippen LogP contribution in [0.1, 0.15) is 30.8 Å². The molecule has 88 valence electrons. The molecule has 6 heteroatoms. The maximum atomic E-state index is 11.2. The van der Waals surface area contributed by atoms with Gasteiger partial charge in [0.25, 0.3) is 5.91 Å². The molecule has 0 bridgehead atoms. The van der Waals surface area contributed by atoms with E-state index in [0.717, 1.165) is 18.1 Å². The second-order valence-corrected chi connectivity index (χ2v) is 5.37. The Labute approximate surface area is 98.8 Å². The van der Waals surface area contributed by atoms with E-state index in [4.69, 9.17) is 5.73 Å². The van der Waals surface area contributed by atoms with Gasteiger partial charge in [0.05, 0.1) is 0 Å². The summed E-state index contributed by atoms with van der Waals surface area (Å²) in [4.78, 5) is 13.4. The number of amides is 1. The van der Waals surface area contributed by atoms with E-state index in [-0.39, 0.29) is 0 Å². The van der Waals surface area contributed by atoms with Crippen LogP contribution in [0.4, 0.5) is 5.00 Å². The SMILES string of the molecule is C[C@H]1C[C@H](C)CN(c2snnc2C(N)=O)C1. The smallest absolute Gasteiger partial charge is 0.272 e. The average molecular weight is 240 g/mol. The lowest BCUT2D eigenvalue weighted by Crippen LogP contribution is -2.39. The Kier molecular flexibility index (Phi) is 3.09. The normalized spacial score (nSPS) is 25.8. The first-order valence-corrected chi connectivity index (χ1v) is 6.22. The number of carbonyl (C=O) groups excluding carboxylic acids is 1. The van der Waals surface area contributed by atoms with Crippen molar-refractivity contribution in [3.63, 3.8) is 0 Å². The molecule has 0 saturated carbocycles. The number of nitrogens with zero attached hydrogens (tertiary/aromatic N) is 3. The zero-order valence-electron chi connectivity index (χ0n) is 9.51. The fourth-order valence-electron chi connectivity index (χ4n) is 2.38. The highest BCUT2D eigenvalue weighted by atomic mass is 32.1. The van der Waals surface area contributed by atoms with Crippen LogP contribution < -0.4 is 10.6 Å². The lowest BCUT2D eigenvalue weighted by atomic mass is 9.92. The van der Waals surface area contributed by atoms with Crippen LogP contribution in [-0.4, -0.2) is 28.6 Å². The van der Waals surface area contributed by atoms with Gasteiger partial charge in [-0.3, -0.25) is 4.79 Å². The first-order valence-electron chi connectivity index (χ1n) is 5.45. The molecule has 1 saturated heterocycles. The van der Waals surface area contributed by atoms with E-state index in [1.807, 2.05) is 0 Å². The van der Waals surface area contributed by atoms with Crippen LogP contribution in [-0.2, 0) is 0 Å². The molecule has 1 aromatic rings. The van der Waals surface area contributed by atoms with E-state index in [1.165, 1.54) is 18.0 Å². The molecule has 0 spiro atoms. The second kappa shape index (κ2) is 4.37. The van der Waals surface area contributed by atoms with Crippen molar-refractivity contribution in [3.05, 3.63) is 5.69 Å². The first-order chi connectivity index (χ1) is 7.58. The minimum absolute atomic E-state index is 0.311. The summed E-state index contributed by atoms with van der Waals surface area (Å²) in [6, 6.07) is 0. The summed E-state index contributed by atoms with van der Waals surface area (Å²) < 4.78 is 3.82. The third-order valence-electron chi connectivity index (χ3n) is 2.86. The standard InChI is InChI=1S/C10H16N4OS/c1-6-3-7(2)5-14(4-6)10-8(9(11)15)12-13-16-10/h6-7H,3-5H2,1-2H3,(H2,11,15)/t6-,7-/m0/s1. The highest BCUT2D eigenvalue weighted by Gasteiger charge is 2.26. The monoisotopic (exact) mass is 240 g/mol. The molecule has 5 nitrogen and oxygen atoms in total. The van der Waals surface area contributed by atoms with Gasteiger partial charge in [0, 0.05) is 24.6 Å². The zero-order valence-corrected chi connectivity index (χ0v) is 10.3. The average Bonchev–Trinajstić information content (AvgIpc) is 2.63. The maximum absolute atomic E-state index is 11.2.